The van der Waals surface area contributed by atoms with Crippen LogP contribution in [0, 0.1) is 0 Å². The molecule has 0 N–H and O–H groups in total. The molecule has 0 saturated carbocycles. The Hall–Kier alpha value is -7.30. The van der Waals surface area contributed by atoms with E-state index in [0.29, 0.717) is 5.82 Å². The third kappa shape index (κ3) is 4.70. The lowest BCUT2D eigenvalue weighted by Crippen LogP contribution is -2.00. The predicted octanol–water partition coefficient (Wildman–Crippen LogP) is 12.8. The number of benzene rings is 8. The fraction of sp³-hybridized carbons (Fsp3) is 0. The fourth-order valence-electron chi connectivity index (χ4n) is 8.32. The van der Waals surface area contributed by atoms with Gasteiger partial charge in [-0.3, -0.25) is 0 Å². The van der Waals surface area contributed by atoms with Gasteiger partial charge in [-0.2, -0.15) is 0 Å². The molecule has 8 aromatic carbocycles. The van der Waals surface area contributed by atoms with Crippen molar-refractivity contribution in [2.45, 2.75) is 0 Å². The van der Waals surface area contributed by atoms with E-state index in [1.807, 2.05) is 12.1 Å². The largest absolute Gasteiger partial charge is 0.309 e. The molecule has 0 radical (unpaired) electrons. The molecule has 4 nitrogen and oxygen atoms in total. The Morgan fingerprint density at radius 3 is 1.59 bits per heavy atom. The molecule has 0 atom stereocenters. The second-order valence-corrected chi connectivity index (χ2v) is 13.8. The Kier molecular flexibility index (Phi) is 6.82. The lowest BCUT2D eigenvalue weighted by atomic mass is 10.0. The van der Waals surface area contributed by atoms with Crippen molar-refractivity contribution in [2.24, 2.45) is 0 Å². The Morgan fingerprint density at radius 2 is 0.907 bits per heavy atom. The van der Waals surface area contributed by atoms with Gasteiger partial charge in [-0.15, -0.1) is 0 Å². The summed E-state index contributed by atoms with van der Waals surface area (Å²) in [5.74, 6) is 0.694. The maximum atomic E-state index is 5.30. The maximum absolute atomic E-state index is 5.30. The number of aromatic nitrogens is 4. The lowest BCUT2D eigenvalue weighted by Gasteiger charge is -2.15. The van der Waals surface area contributed by atoms with Gasteiger partial charge < -0.3 is 9.13 Å². The van der Waals surface area contributed by atoms with Crippen LogP contribution in [-0.4, -0.2) is 19.1 Å². The third-order valence-electron chi connectivity index (χ3n) is 10.7. The van der Waals surface area contributed by atoms with E-state index in [1.54, 1.807) is 0 Å². The summed E-state index contributed by atoms with van der Waals surface area (Å²) < 4.78 is 4.86. The van der Waals surface area contributed by atoms with E-state index in [-0.39, 0.29) is 0 Å². The van der Waals surface area contributed by atoms with Gasteiger partial charge in [0.15, 0.2) is 5.82 Å². The molecule has 0 spiro atoms. The quantitative estimate of drug-likeness (QED) is 0.180. The smallest absolute Gasteiger partial charge is 0.161 e. The molecule has 0 saturated heterocycles. The number of hydrogen-bond acceptors (Lipinski definition) is 2. The van der Waals surface area contributed by atoms with Crippen LogP contribution in [0.2, 0.25) is 0 Å². The molecule has 0 fully saturated rings. The monoisotopic (exact) mass is 688 g/mol. The van der Waals surface area contributed by atoms with Crippen LogP contribution in [0.25, 0.3) is 99.7 Å². The number of fused-ring (bicyclic) bond motifs is 8. The first-order valence-electron chi connectivity index (χ1n) is 18.3. The SMILES string of the molecule is c1ccc(-c2cc(-c3ccccc3)nc(-c3cc(-n4c5ccccc5c5ccc6c(c7ccccc7n6-c6ccccc6)c54)cc4ccccc34)n2)cc1. The maximum Gasteiger partial charge on any atom is 0.161 e. The van der Waals surface area contributed by atoms with E-state index in [0.717, 1.165) is 55.7 Å². The Balaban J connectivity index is 1.25. The number of para-hydroxylation sites is 3. The van der Waals surface area contributed by atoms with E-state index in [1.165, 1.54) is 38.1 Å². The number of nitrogens with zero attached hydrogens (tertiary/aromatic N) is 4. The van der Waals surface area contributed by atoms with Crippen LogP contribution >= 0.6 is 0 Å². The van der Waals surface area contributed by atoms with Gasteiger partial charge >= 0.3 is 0 Å². The average Bonchev–Trinajstić information content (AvgIpc) is 3.77. The van der Waals surface area contributed by atoms with Crippen LogP contribution in [0.5, 0.6) is 0 Å². The molecule has 11 rings (SSSR count). The molecule has 4 heteroatoms. The zero-order valence-electron chi connectivity index (χ0n) is 29.3. The second-order valence-electron chi connectivity index (χ2n) is 13.8. The molecule has 3 aromatic heterocycles. The van der Waals surface area contributed by atoms with Crippen molar-refractivity contribution < 1.29 is 0 Å². The van der Waals surface area contributed by atoms with Crippen LogP contribution in [-0.2, 0) is 0 Å². The van der Waals surface area contributed by atoms with Gasteiger partial charge in [0.2, 0.25) is 0 Å². The Labute approximate surface area is 311 Å². The highest BCUT2D eigenvalue weighted by Crippen LogP contribution is 2.43. The second kappa shape index (κ2) is 12.1. The van der Waals surface area contributed by atoms with Gasteiger partial charge in [0.25, 0.3) is 0 Å². The third-order valence-corrected chi connectivity index (χ3v) is 10.7. The van der Waals surface area contributed by atoms with Crippen LogP contribution in [0.1, 0.15) is 0 Å². The molecule has 0 amide bonds. The highest BCUT2D eigenvalue weighted by Gasteiger charge is 2.22. The summed E-state index contributed by atoms with van der Waals surface area (Å²) in [5.41, 5.74) is 11.8. The zero-order valence-corrected chi connectivity index (χ0v) is 29.3. The molecular formula is C50H32N4. The zero-order chi connectivity index (χ0) is 35.6. The van der Waals surface area contributed by atoms with Crippen LogP contribution in [0.4, 0.5) is 0 Å². The van der Waals surface area contributed by atoms with E-state index < -0.39 is 0 Å². The van der Waals surface area contributed by atoms with E-state index in [9.17, 15) is 0 Å². The minimum atomic E-state index is 0.694. The summed E-state index contributed by atoms with van der Waals surface area (Å²) in [7, 11) is 0. The highest BCUT2D eigenvalue weighted by atomic mass is 15.0. The molecule has 3 heterocycles. The number of hydrogen-bond donors (Lipinski definition) is 0. The van der Waals surface area contributed by atoms with Crippen molar-refractivity contribution in [1.29, 1.82) is 0 Å². The normalized spacial score (nSPS) is 11.7. The minimum Gasteiger partial charge on any atom is -0.309 e. The van der Waals surface area contributed by atoms with Crippen molar-refractivity contribution in [2.75, 3.05) is 0 Å². The molecule has 11 aromatic rings. The van der Waals surface area contributed by atoms with Gasteiger partial charge in [-0.25, -0.2) is 9.97 Å². The minimum absolute atomic E-state index is 0.694. The first-order chi connectivity index (χ1) is 26.8. The lowest BCUT2D eigenvalue weighted by molar-refractivity contribution is 1.16. The van der Waals surface area contributed by atoms with Crippen LogP contribution in [0.15, 0.2) is 194 Å². The van der Waals surface area contributed by atoms with E-state index >= 15 is 0 Å². The van der Waals surface area contributed by atoms with Crippen molar-refractivity contribution in [3.05, 3.63) is 194 Å². The summed E-state index contributed by atoms with van der Waals surface area (Å²) in [6.07, 6.45) is 0. The van der Waals surface area contributed by atoms with Crippen LogP contribution < -0.4 is 0 Å². The molecular weight excluding hydrogens is 657 g/mol. The van der Waals surface area contributed by atoms with Gasteiger partial charge in [0.05, 0.1) is 33.5 Å². The molecule has 0 unspecified atom stereocenters. The topological polar surface area (TPSA) is 35.6 Å². The van der Waals surface area contributed by atoms with Gasteiger partial charge in [0, 0.05) is 49.6 Å². The standard InChI is InChI=1S/C50H32N4/c1-4-16-33(17-5-1)43-32-44(34-18-6-2-7-19-34)52-50(51-43)42-31-37(30-35-20-10-11-23-38(35)42)54-45-26-14-12-24-39(45)40-28-29-47-48(49(40)54)41-25-13-15-27-46(41)53(47)36-21-8-3-9-22-36/h1-32H. The van der Waals surface area contributed by atoms with E-state index in [2.05, 4.69) is 191 Å². The van der Waals surface area contributed by atoms with Gasteiger partial charge in [0.1, 0.15) is 0 Å². The van der Waals surface area contributed by atoms with Crippen molar-refractivity contribution >= 4 is 54.4 Å². The Morgan fingerprint density at radius 1 is 0.352 bits per heavy atom. The van der Waals surface area contributed by atoms with Crippen molar-refractivity contribution in [1.82, 2.24) is 19.1 Å². The van der Waals surface area contributed by atoms with Gasteiger partial charge in [-0.05, 0) is 59.3 Å². The first kappa shape index (κ1) is 30.3. The molecule has 0 aliphatic heterocycles. The molecule has 0 aliphatic carbocycles. The van der Waals surface area contributed by atoms with Crippen molar-refractivity contribution in [3.8, 4) is 45.3 Å². The number of rotatable bonds is 5. The summed E-state index contributed by atoms with van der Waals surface area (Å²) in [6, 6.07) is 68.9. The molecule has 0 bridgehead atoms. The predicted molar refractivity (Wildman–Crippen MR) is 225 cm³/mol. The summed E-state index contributed by atoms with van der Waals surface area (Å²) >= 11 is 0. The summed E-state index contributed by atoms with van der Waals surface area (Å²) in [5, 5.41) is 7.12. The van der Waals surface area contributed by atoms with Crippen molar-refractivity contribution in [3.63, 3.8) is 0 Å². The average molecular weight is 689 g/mol. The molecule has 0 aliphatic rings. The summed E-state index contributed by atoms with van der Waals surface area (Å²) in [6.45, 7) is 0. The fourth-order valence-corrected chi connectivity index (χ4v) is 8.32. The van der Waals surface area contributed by atoms with Crippen LogP contribution in [0.3, 0.4) is 0 Å². The highest BCUT2D eigenvalue weighted by molar-refractivity contribution is 6.26. The molecule has 54 heavy (non-hydrogen) atoms. The van der Waals surface area contributed by atoms with E-state index in [4.69, 9.17) is 9.97 Å². The first-order valence-corrected chi connectivity index (χ1v) is 18.3. The molecule has 252 valence electrons. The van der Waals surface area contributed by atoms with Gasteiger partial charge in [-0.1, -0.05) is 146 Å². The summed E-state index contributed by atoms with van der Waals surface area (Å²) in [4.78, 5) is 10.6. The Bertz CT molecular complexity index is 3140.